The standard InChI is InChI=1S/C21H18F3N3O4/c1-3-31-20(29)17-12-25-27(18(17)21(22,23)24)15-9-7-13(8-10-15)19(28)26-14-5-4-6-16(11-14)30-2/h4-12H,3H2,1-2H3,(H,26,28). The number of esters is 1. The lowest BCUT2D eigenvalue weighted by Gasteiger charge is -2.13. The van der Waals surface area contributed by atoms with Gasteiger partial charge in [-0.1, -0.05) is 6.07 Å². The maximum absolute atomic E-state index is 13.6. The number of nitrogens with zero attached hydrogens (tertiary/aromatic N) is 2. The molecular formula is C21H18F3N3O4. The van der Waals surface area contributed by atoms with Crippen LogP contribution in [0.15, 0.2) is 54.7 Å². The quantitative estimate of drug-likeness (QED) is 0.585. The third kappa shape index (κ3) is 4.85. The maximum atomic E-state index is 13.6. The fourth-order valence-electron chi connectivity index (χ4n) is 2.83. The number of carbonyl (C=O) groups is 2. The highest BCUT2D eigenvalue weighted by atomic mass is 19.4. The molecule has 2 aromatic carbocycles. The van der Waals surface area contributed by atoms with Crippen molar-refractivity contribution < 1.29 is 32.2 Å². The van der Waals surface area contributed by atoms with E-state index in [1.54, 1.807) is 24.3 Å². The number of hydrogen-bond acceptors (Lipinski definition) is 5. The highest BCUT2D eigenvalue weighted by molar-refractivity contribution is 6.04. The molecule has 10 heteroatoms. The topological polar surface area (TPSA) is 82.5 Å². The number of aromatic nitrogens is 2. The van der Waals surface area contributed by atoms with Gasteiger partial charge in [0, 0.05) is 17.3 Å². The van der Waals surface area contributed by atoms with E-state index in [2.05, 4.69) is 15.2 Å². The van der Waals surface area contributed by atoms with Gasteiger partial charge in [0.2, 0.25) is 0 Å². The van der Waals surface area contributed by atoms with Crippen molar-refractivity contribution in [2.24, 2.45) is 0 Å². The molecule has 162 valence electrons. The Labute approximate surface area is 175 Å². The van der Waals surface area contributed by atoms with E-state index in [-0.39, 0.29) is 17.9 Å². The van der Waals surface area contributed by atoms with Crippen LogP contribution in [0.1, 0.15) is 33.3 Å². The van der Waals surface area contributed by atoms with Gasteiger partial charge in [-0.2, -0.15) is 18.3 Å². The van der Waals surface area contributed by atoms with Crippen molar-refractivity contribution in [3.05, 3.63) is 71.5 Å². The van der Waals surface area contributed by atoms with Crippen LogP contribution in [0.4, 0.5) is 18.9 Å². The number of methoxy groups -OCH3 is 1. The number of carbonyl (C=O) groups excluding carboxylic acids is 2. The van der Waals surface area contributed by atoms with Crippen LogP contribution >= 0.6 is 0 Å². The van der Waals surface area contributed by atoms with E-state index in [9.17, 15) is 22.8 Å². The van der Waals surface area contributed by atoms with Crippen LogP contribution in [0.25, 0.3) is 5.69 Å². The lowest BCUT2D eigenvalue weighted by Crippen LogP contribution is -2.18. The Bertz CT molecular complexity index is 1090. The molecule has 0 bridgehead atoms. The second-order valence-electron chi connectivity index (χ2n) is 6.27. The molecule has 0 spiro atoms. The molecule has 3 rings (SSSR count). The number of hydrogen-bond donors (Lipinski definition) is 1. The molecule has 1 heterocycles. The van der Waals surface area contributed by atoms with Crippen molar-refractivity contribution in [2.75, 3.05) is 19.0 Å². The van der Waals surface area contributed by atoms with Crippen molar-refractivity contribution >= 4 is 17.6 Å². The van der Waals surface area contributed by atoms with E-state index in [0.29, 0.717) is 16.1 Å². The van der Waals surface area contributed by atoms with Gasteiger partial charge in [-0.05, 0) is 43.3 Å². The van der Waals surface area contributed by atoms with E-state index in [4.69, 9.17) is 4.74 Å². The van der Waals surface area contributed by atoms with Crippen molar-refractivity contribution in [1.82, 2.24) is 9.78 Å². The largest absolute Gasteiger partial charge is 0.497 e. The van der Waals surface area contributed by atoms with Crippen molar-refractivity contribution in [3.63, 3.8) is 0 Å². The first-order valence-electron chi connectivity index (χ1n) is 9.12. The van der Waals surface area contributed by atoms with Gasteiger partial charge in [-0.25, -0.2) is 9.48 Å². The van der Waals surface area contributed by atoms with Gasteiger partial charge in [-0.3, -0.25) is 4.79 Å². The molecule has 0 aliphatic carbocycles. The van der Waals surface area contributed by atoms with Crippen LogP contribution in [-0.2, 0) is 10.9 Å². The molecular weight excluding hydrogens is 415 g/mol. The molecule has 0 saturated heterocycles. The Morgan fingerprint density at radius 3 is 2.45 bits per heavy atom. The summed E-state index contributed by atoms with van der Waals surface area (Å²) in [5.74, 6) is -1.01. The Morgan fingerprint density at radius 2 is 1.84 bits per heavy atom. The van der Waals surface area contributed by atoms with Crippen LogP contribution in [0.3, 0.4) is 0 Å². The summed E-state index contributed by atoms with van der Waals surface area (Å²) in [6.07, 6.45) is -4.04. The van der Waals surface area contributed by atoms with E-state index in [1.165, 1.54) is 38.3 Å². The Kier molecular flexibility index (Phi) is 6.28. The summed E-state index contributed by atoms with van der Waals surface area (Å²) in [6.45, 7) is 1.42. The van der Waals surface area contributed by atoms with Gasteiger partial charge in [0.05, 0.1) is 25.6 Å². The summed E-state index contributed by atoms with van der Waals surface area (Å²) in [5, 5.41) is 6.38. The van der Waals surface area contributed by atoms with Gasteiger partial charge >= 0.3 is 12.1 Å². The Balaban J connectivity index is 1.87. The monoisotopic (exact) mass is 433 g/mol. The van der Waals surface area contributed by atoms with Gasteiger partial charge in [0.15, 0.2) is 5.69 Å². The first-order chi connectivity index (χ1) is 14.7. The fourth-order valence-corrected chi connectivity index (χ4v) is 2.83. The second kappa shape index (κ2) is 8.90. The number of nitrogens with one attached hydrogen (secondary N) is 1. The molecule has 1 aromatic heterocycles. The molecule has 0 saturated carbocycles. The summed E-state index contributed by atoms with van der Waals surface area (Å²) in [7, 11) is 1.50. The number of amides is 1. The first kappa shape index (κ1) is 21.9. The normalized spacial score (nSPS) is 11.1. The number of halogens is 3. The molecule has 1 N–H and O–H groups in total. The lowest BCUT2D eigenvalue weighted by molar-refractivity contribution is -0.143. The van der Waals surface area contributed by atoms with E-state index in [1.807, 2.05) is 0 Å². The smallest absolute Gasteiger partial charge is 0.434 e. The van der Waals surface area contributed by atoms with Crippen LogP contribution in [0.2, 0.25) is 0 Å². The predicted molar refractivity (Wildman–Crippen MR) is 105 cm³/mol. The summed E-state index contributed by atoms with van der Waals surface area (Å²) in [4.78, 5) is 24.3. The second-order valence-corrected chi connectivity index (χ2v) is 6.27. The summed E-state index contributed by atoms with van der Waals surface area (Å²) in [5.41, 5.74) is -1.19. The average molecular weight is 433 g/mol. The molecule has 1 amide bonds. The zero-order valence-corrected chi connectivity index (χ0v) is 16.6. The lowest BCUT2D eigenvalue weighted by atomic mass is 10.1. The Morgan fingerprint density at radius 1 is 1.13 bits per heavy atom. The minimum absolute atomic E-state index is 0.0285. The van der Waals surface area contributed by atoms with Gasteiger partial charge in [-0.15, -0.1) is 0 Å². The number of alkyl halides is 3. The third-order valence-electron chi connectivity index (χ3n) is 4.23. The number of ether oxygens (including phenoxy) is 2. The highest BCUT2D eigenvalue weighted by Crippen LogP contribution is 2.34. The molecule has 3 aromatic rings. The number of benzene rings is 2. The van der Waals surface area contributed by atoms with Crippen LogP contribution in [-0.4, -0.2) is 35.4 Å². The summed E-state index contributed by atoms with van der Waals surface area (Å²) >= 11 is 0. The van der Waals surface area contributed by atoms with E-state index < -0.39 is 29.3 Å². The minimum atomic E-state index is -4.85. The zero-order chi connectivity index (χ0) is 22.6. The number of anilines is 1. The first-order valence-corrected chi connectivity index (χ1v) is 9.12. The molecule has 0 fully saturated rings. The van der Waals surface area contributed by atoms with Gasteiger partial charge < -0.3 is 14.8 Å². The average Bonchev–Trinajstić information content (AvgIpc) is 3.20. The molecule has 7 nitrogen and oxygen atoms in total. The van der Waals surface area contributed by atoms with Crippen LogP contribution in [0.5, 0.6) is 5.75 Å². The summed E-state index contributed by atoms with van der Waals surface area (Å²) in [6, 6.07) is 12.0. The summed E-state index contributed by atoms with van der Waals surface area (Å²) < 4.78 is 51.2. The predicted octanol–water partition coefficient (Wildman–Crippen LogP) is 4.33. The molecule has 0 aliphatic heterocycles. The molecule has 0 atom stereocenters. The fraction of sp³-hybridized carbons (Fsp3) is 0.190. The Hall–Kier alpha value is -3.82. The maximum Gasteiger partial charge on any atom is 0.434 e. The van der Waals surface area contributed by atoms with Gasteiger partial charge in [0.1, 0.15) is 11.3 Å². The third-order valence-corrected chi connectivity index (χ3v) is 4.23. The van der Waals surface area contributed by atoms with E-state index in [0.717, 1.165) is 6.20 Å². The van der Waals surface area contributed by atoms with Crippen molar-refractivity contribution in [1.29, 1.82) is 0 Å². The molecule has 0 aliphatic rings. The highest BCUT2D eigenvalue weighted by Gasteiger charge is 2.41. The SMILES string of the molecule is CCOC(=O)c1cnn(-c2ccc(C(=O)Nc3cccc(OC)c3)cc2)c1C(F)(F)F. The van der Waals surface area contributed by atoms with E-state index >= 15 is 0 Å². The molecule has 0 unspecified atom stereocenters. The molecule has 31 heavy (non-hydrogen) atoms. The van der Waals surface area contributed by atoms with Gasteiger partial charge in [0.25, 0.3) is 5.91 Å². The van der Waals surface area contributed by atoms with Crippen molar-refractivity contribution in [3.8, 4) is 11.4 Å². The van der Waals surface area contributed by atoms with Crippen LogP contribution in [0, 0.1) is 0 Å². The van der Waals surface area contributed by atoms with Crippen molar-refractivity contribution in [2.45, 2.75) is 13.1 Å². The molecule has 0 radical (unpaired) electrons. The minimum Gasteiger partial charge on any atom is -0.497 e. The number of rotatable bonds is 6. The zero-order valence-electron chi connectivity index (χ0n) is 16.6. The van der Waals surface area contributed by atoms with Crippen LogP contribution < -0.4 is 10.1 Å².